The molecule has 0 bridgehead atoms. The quantitative estimate of drug-likeness (QED) is 0.214. The van der Waals surface area contributed by atoms with E-state index in [4.69, 9.17) is 5.73 Å². The molecular formula is C33H37NO8. The molecule has 222 valence electrons. The van der Waals surface area contributed by atoms with Gasteiger partial charge in [0.05, 0.1) is 11.7 Å². The number of benzene rings is 2. The molecule has 7 N–H and O–H groups in total. The van der Waals surface area contributed by atoms with E-state index in [1.807, 2.05) is 32.0 Å². The number of aromatic hydroxyl groups is 1. The third-order valence-corrected chi connectivity index (χ3v) is 9.59. The Morgan fingerprint density at radius 3 is 2.36 bits per heavy atom. The zero-order chi connectivity index (χ0) is 30.7. The van der Waals surface area contributed by atoms with Crippen LogP contribution in [0.15, 0.2) is 59.4 Å². The van der Waals surface area contributed by atoms with E-state index in [2.05, 4.69) is 12.1 Å². The number of hydrogen-bond donors (Lipinski definition) is 6. The number of hydrogen-bond acceptors (Lipinski definition) is 8. The SMILES string of the molecule is CC1c2ccc(C(C)(C)CCCCc3ccccc3)c(O)c2C(O)=C2C(=O)C3(O)C(O)=C(C(N)=O)C(=O)CC3C(O)C21. The topological polar surface area (TPSA) is 178 Å². The maximum absolute atomic E-state index is 13.9. The minimum absolute atomic E-state index is 0.0247. The summed E-state index contributed by atoms with van der Waals surface area (Å²) in [5.41, 5.74) is 2.96. The Morgan fingerprint density at radius 1 is 1.05 bits per heavy atom. The van der Waals surface area contributed by atoms with E-state index in [0.717, 1.165) is 25.7 Å². The second-order valence-corrected chi connectivity index (χ2v) is 12.5. The summed E-state index contributed by atoms with van der Waals surface area (Å²) in [5.74, 6) is -8.52. The van der Waals surface area contributed by atoms with E-state index in [0.29, 0.717) is 11.1 Å². The number of nitrogens with two attached hydrogens (primary N) is 1. The highest BCUT2D eigenvalue weighted by atomic mass is 16.4. The molecule has 5 unspecified atom stereocenters. The van der Waals surface area contributed by atoms with Crippen molar-refractivity contribution in [1.82, 2.24) is 0 Å². The Hall–Kier alpha value is -3.95. The molecule has 1 saturated carbocycles. The number of carbonyl (C=O) groups excluding carboxylic acids is 3. The predicted octanol–water partition coefficient (Wildman–Crippen LogP) is 3.65. The second kappa shape index (κ2) is 10.4. The number of phenols is 1. The van der Waals surface area contributed by atoms with Gasteiger partial charge in [-0.25, -0.2) is 0 Å². The van der Waals surface area contributed by atoms with Gasteiger partial charge in [-0.2, -0.15) is 0 Å². The number of ketones is 2. The molecule has 3 aliphatic rings. The van der Waals surface area contributed by atoms with Crippen molar-refractivity contribution < 1.29 is 39.9 Å². The maximum atomic E-state index is 13.9. The van der Waals surface area contributed by atoms with Crippen LogP contribution in [0.4, 0.5) is 0 Å². The summed E-state index contributed by atoms with van der Waals surface area (Å²) < 4.78 is 0. The van der Waals surface area contributed by atoms with Gasteiger partial charge in [-0.05, 0) is 41.7 Å². The van der Waals surface area contributed by atoms with Crippen LogP contribution in [0.2, 0.25) is 0 Å². The monoisotopic (exact) mass is 575 g/mol. The molecule has 0 aromatic heterocycles. The van der Waals surface area contributed by atoms with Crippen LogP contribution in [0.5, 0.6) is 5.75 Å². The van der Waals surface area contributed by atoms with Crippen LogP contribution in [0.1, 0.15) is 74.6 Å². The first kappa shape index (κ1) is 29.5. The maximum Gasteiger partial charge on any atom is 0.255 e. The normalized spacial score (nSPS) is 27.5. The van der Waals surface area contributed by atoms with Crippen LogP contribution in [-0.4, -0.2) is 54.7 Å². The van der Waals surface area contributed by atoms with Crippen molar-refractivity contribution in [1.29, 1.82) is 0 Å². The van der Waals surface area contributed by atoms with Crippen LogP contribution in [0.3, 0.4) is 0 Å². The number of phenolic OH excluding ortho intramolecular Hbond substituents is 1. The van der Waals surface area contributed by atoms with Crippen LogP contribution in [-0.2, 0) is 26.2 Å². The van der Waals surface area contributed by atoms with Crippen molar-refractivity contribution in [3.63, 3.8) is 0 Å². The predicted molar refractivity (Wildman–Crippen MR) is 155 cm³/mol. The average Bonchev–Trinajstić information content (AvgIpc) is 2.93. The van der Waals surface area contributed by atoms with Gasteiger partial charge >= 0.3 is 0 Å². The number of unbranched alkanes of at least 4 members (excludes halogenated alkanes) is 1. The standard InChI is InChI=1S/C33H37NO8/c1-16-18-12-13-19(32(2,3)14-8-7-11-17-9-5-4-6-10-17)26(36)23(18)28(38)25-22(16)27(37)20-15-21(35)24(31(34)41)29(39)33(20,42)30(25)40/h4-6,9-10,12-13,16,20,22,27,36-39,42H,7-8,11,14-15H2,1-3H3,(H2,34,41). The third-order valence-electron chi connectivity index (χ3n) is 9.59. The molecule has 5 rings (SSSR count). The summed E-state index contributed by atoms with van der Waals surface area (Å²) in [6.07, 6.45) is 1.36. The number of fused-ring (bicyclic) bond motifs is 3. The number of aryl methyl sites for hydroxylation is 1. The van der Waals surface area contributed by atoms with Crippen molar-refractivity contribution in [3.05, 3.63) is 81.6 Å². The summed E-state index contributed by atoms with van der Waals surface area (Å²) in [6.45, 7) is 5.71. The lowest BCUT2D eigenvalue weighted by molar-refractivity contribution is -0.160. The summed E-state index contributed by atoms with van der Waals surface area (Å²) in [4.78, 5) is 38.4. The molecule has 3 aliphatic carbocycles. The highest BCUT2D eigenvalue weighted by Crippen LogP contribution is 2.56. The van der Waals surface area contributed by atoms with Gasteiger partial charge in [-0.3, -0.25) is 14.4 Å². The molecule has 1 fully saturated rings. The number of primary amides is 1. The van der Waals surface area contributed by atoms with Crippen LogP contribution < -0.4 is 5.73 Å². The van der Waals surface area contributed by atoms with Gasteiger partial charge in [0, 0.05) is 29.4 Å². The summed E-state index contributed by atoms with van der Waals surface area (Å²) in [7, 11) is 0. The molecule has 0 heterocycles. The van der Waals surface area contributed by atoms with E-state index in [9.17, 15) is 39.9 Å². The number of amides is 1. The lowest BCUT2D eigenvalue weighted by atomic mass is 9.55. The number of carbonyl (C=O) groups is 3. The molecule has 0 radical (unpaired) electrons. The molecule has 0 spiro atoms. The zero-order valence-electron chi connectivity index (χ0n) is 23.9. The number of Topliss-reactive ketones (excluding diaryl/α,β-unsaturated/α-hetero) is 2. The highest BCUT2D eigenvalue weighted by Gasteiger charge is 2.65. The minimum atomic E-state index is -2.85. The van der Waals surface area contributed by atoms with E-state index < -0.39 is 75.9 Å². The Morgan fingerprint density at radius 2 is 1.71 bits per heavy atom. The molecule has 0 saturated heterocycles. The van der Waals surface area contributed by atoms with Crippen LogP contribution in [0.25, 0.3) is 5.76 Å². The fourth-order valence-electron chi connectivity index (χ4n) is 7.22. The van der Waals surface area contributed by atoms with Crippen LogP contribution >= 0.6 is 0 Å². The van der Waals surface area contributed by atoms with Gasteiger partial charge in [-0.1, -0.05) is 69.7 Å². The lowest BCUT2D eigenvalue weighted by Gasteiger charge is -2.50. The molecule has 9 nitrogen and oxygen atoms in total. The van der Waals surface area contributed by atoms with E-state index in [-0.39, 0.29) is 16.9 Å². The molecule has 0 aliphatic heterocycles. The Balaban J connectivity index is 1.53. The first-order valence-electron chi connectivity index (χ1n) is 14.3. The molecule has 1 amide bonds. The fraction of sp³-hybridized carbons (Fsp3) is 0.424. The van der Waals surface area contributed by atoms with Crippen molar-refractivity contribution in [2.45, 2.75) is 75.9 Å². The fourth-order valence-corrected chi connectivity index (χ4v) is 7.22. The molecule has 2 aromatic carbocycles. The van der Waals surface area contributed by atoms with E-state index in [1.54, 1.807) is 19.1 Å². The summed E-state index contributed by atoms with van der Waals surface area (Å²) in [5, 5.41) is 56.7. The van der Waals surface area contributed by atoms with Crippen molar-refractivity contribution in [2.24, 2.45) is 17.6 Å². The largest absolute Gasteiger partial charge is 0.508 e. The molecule has 42 heavy (non-hydrogen) atoms. The van der Waals surface area contributed by atoms with Gasteiger partial charge < -0.3 is 31.3 Å². The minimum Gasteiger partial charge on any atom is -0.508 e. The Bertz CT molecular complexity index is 1540. The Labute approximate surface area is 244 Å². The smallest absolute Gasteiger partial charge is 0.255 e. The van der Waals surface area contributed by atoms with Gasteiger partial charge in [-0.15, -0.1) is 0 Å². The first-order valence-corrected chi connectivity index (χ1v) is 14.3. The van der Waals surface area contributed by atoms with E-state index in [1.165, 1.54) is 5.56 Å². The number of aliphatic hydroxyl groups is 4. The highest BCUT2D eigenvalue weighted by molar-refractivity contribution is 6.23. The van der Waals surface area contributed by atoms with Crippen molar-refractivity contribution in [2.75, 3.05) is 0 Å². The summed E-state index contributed by atoms with van der Waals surface area (Å²) in [6, 6.07) is 13.7. The molecule has 5 atom stereocenters. The van der Waals surface area contributed by atoms with Gasteiger partial charge in [0.15, 0.2) is 11.4 Å². The first-order chi connectivity index (χ1) is 19.7. The van der Waals surface area contributed by atoms with Gasteiger partial charge in [0.2, 0.25) is 5.78 Å². The molecule has 2 aromatic rings. The van der Waals surface area contributed by atoms with Gasteiger partial charge in [0.1, 0.15) is 22.8 Å². The van der Waals surface area contributed by atoms with Crippen molar-refractivity contribution in [3.8, 4) is 5.75 Å². The zero-order valence-corrected chi connectivity index (χ0v) is 23.9. The number of aliphatic hydroxyl groups excluding tert-OH is 3. The van der Waals surface area contributed by atoms with Crippen molar-refractivity contribution >= 4 is 23.2 Å². The lowest BCUT2D eigenvalue weighted by Crippen LogP contribution is -2.63. The molecular weight excluding hydrogens is 538 g/mol. The molecule has 9 heteroatoms. The Kier molecular flexibility index (Phi) is 7.31. The number of rotatable bonds is 7. The second-order valence-electron chi connectivity index (χ2n) is 12.5. The summed E-state index contributed by atoms with van der Waals surface area (Å²) >= 11 is 0. The van der Waals surface area contributed by atoms with Gasteiger partial charge in [0.25, 0.3) is 5.91 Å². The average molecular weight is 576 g/mol. The van der Waals surface area contributed by atoms with Crippen LogP contribution in [0, 0.1) is 11.8 Å². The third kappa shape index (κ3) is 4.34. The van der Waals surface area contributed by atoms with E-state index >= 15 is 0 Å².